The molecule has 0 rings (SSSR count). The van der Waals surface area contributed by atoms with Crippen molar-refractivity contribution in [3.63, 3.8) is 0 Å². The first-order valence-electron chi connectivity index (χ1n) is 8.17. The summed E-state index contributed by atoms with van der Waals surface area (Å²) < 4.78 is 0. The van der Waals surface area contributed by atoms with Crippen molar-refractivity contribution in [2.24, 2.45) is 11.7 Å². The van der Waals surface area contributed by atoms with Gasteiger partial charge in [-0.15, -0.1) is 0 Å². The van der Waals surface area contributed by atoms with Gasteiger partial charge >= 0.3 is 0 Å². The number of amides is 4. The fraction of sp³-hybridized carbons (Fsp3) is 0.750. The van der Waals surface area contributed by atoms with Gasteiger partial charge in [-0.2, -0.15) is 0 Å². The number of primary amides is 1. The first-order chi connectivity index (χ1) is 11.1. The van der Waals surface area contributed by atoms with E-state index in [1.165, 1.54) is 4.90 Å². The van der Waals surface area contributed by atoms with E-state index in [1.807, 2.05) is 13.8 Å². The summed E-state index contributed by atoms with van der Waals surface area (Å²) >= 11 is 0. The Morgan fingerprint density at radius 3 is 2.04 bits per heavy atom. The van der Waals surface area contributed by atoms with E-state index >= 15 is 0 Å². The lowest BCUT2D eigenvalue weighted by Gasteiger charge is -2.23. The van der Waals surface area contributed by atoms with Gasteiger partial charge in [-0.05, 0) is 18.8 Å². The van der Waals surface area contributed by atoms with Crippen LogP contribution >= 0.6 is 0 Å². The first-order valence-corrected chi connectivity index (χ1v) is 8.17. The Morgan fingerprint density at radius 1 is 1.04 bits per heavy atom. The standard InChI is InChI=1S/C16H30N4O4/c1-6-13(21)18-11(7-8-14(22)20(4)5)16(24)19-12(15(17)23)9-10(2)3/h10-12H,6-9H2,1-5H3,(H2,17,23)(H,18,21)(H,19,24)/t11-,12-/m0/s1. The quantitative estimate of drug-likeness (QED) is 0.507. The molecule has 0 spiro atoms. The molecule has 0 fully saturated rings. The van der Waals surface area contributed by atoms with E-state index in [1.54, 1.807) is 21.0 Å². The summed E-state index contributed by atoms with van der Waals surface area (Å²) in [5.74, 6) is -1.41. The van der Waals surface area contributed by atoms with E-state index in [4.69, 9.17) is 5.73 Å². The van der Waals surface area contributed by atoms with Crippen LogP contribution in [-0.2, 0) is 19.2 Å². The molecule has 24 heavy (non-hydrogen) atoms. The highest BCUT2D eigenvalue weighted by molar-refractivity contribution is 5.91. The second kappa shape index (κ2) is 10.6. The van der Waals surface area contributed by atoms with E-state index < -0.39 is 23.9 Å². The molecule has 0 aromatic heterocycles. The molecule has 0 aliphatic carbocycles. The third kappa shape index (κ3) is 8.50. The summed E-state index contributed by atoms with van der Waals surface area (Å²) in [6.45, 7) is 5.49. The fourth-order valence-electron chi connectivity index (χ4n) is 2.05. The van der Waals surface area contributed by atoms with Gasteiger partial charge < -0.3 is 21.3 Å². The number of hydrogen-bond donors (Lipinski definition) is 3. The van der Waals surface area contributed by atoms with Crippen LogP contribution in [-0.4, -0.2) is 54.7 Å². The summed E-state index contributed by atoms with van der Waals surface area (Å²) in [5.41, 5.74) is 5.32. The van der Waals surface area contributed by atoms with Crippen LogP contribution in [0, 0.1) is 5.92 Å². The molecule has 0 saturated heterocycles. The zero-order valence-corrected chi connectivity index (χ0v) is 15.2. The summed E-state index contributed by atoms with van der Waals surface area (Å²) in [4.78, 5) is 48.7. The highest BCUT2D eigenvalue weighted by atomic mass is 16.2. The van der Waals surface area contributed by atoms with Gasteiger partial charge in [0, 0.05) is 26.9 Å². The van der Waals surface area contributed by atoms with Crippen LogP contribution in [0.15, 0.2) is 0 Å². The van der Waals surface area contributed by atoms with Gasteiger partial charge in [-0.3, -0.25) is 19.2 Å². The molecular weight excluding hydrogens is 312 g/mol. The van der Waals surface area contributed by atoms with Crippen LogP contribution in [0.3, 0.4) is 0 Å². The lowest BCUT2D eigenvalue weighted by Crippen LogP contribution is -2.53. The molecule has 4 amide bonds. The monoisotopic (exact) mass is 342 g/mol. The summed E-state index contributed by atoms with van der Waals surface area (Å²) in [6.07, 6.45) is 0.894. The maximum Gasteiger partial charge on any atom is 0.243 e. The molecule has 8 nitrogen and oxygen atoms in total. The SMILES string of the molecule is CCC(=O)N[C@@H](CCC(=O)N(C)C)C(=O)N[C@@H](CC(C)C)C(N)=O. The zero-order valence-electron chi connectivity index (χ0n) is 15.2. The molecule has 0 aromatic rings. The zero-order chi connectivity index (χ0) is 18.9. The van der Waals surface area contributed by atoms with Gasteiger partial charge in [0.1, 0.15) is 12.1 Å². The van der Waals surface area contributed by atoms with Crippen molar-refractivity contribution in [1.29, 1.82) is 0 Å². The van der Waals surface area contributed by atoms with Gasteiger partial charge in [0.05, 0.1) is 0 Å². The summed E-state index contributed by atoms with van der Waals surface area (Å²) in [7, 11) is 3.24. The number of nitrogens with two attached hydrogens (primary N) is 1. The van der Waals surface area contributed by atoms with Crippen molar-refractivity contribution in [1.82, 2.24) is 15.5 Å². The second-order valence-electron chi connectivity index (χ2n) is 6.39. The van der Waals surface area contributed by atoms with Gasteiger partial charge in [-0.25, -0.2) is 0 Å². The molecule has 8 heteroatoms. The number of carbonyl (C=O) groups is 4. The molecule has 0 unspecified atom stereocenters. The molecule has 0 radical (unpaired) electrons. The third-order valence-corrected chi connectivity index (χ3v) is 3.49. The maximum atomic E-state index is 12.4. The van der Waals surface area contributed by atoms with Gasteiger partial charge in [0.25, 0.3) is 0 Å². The Balaban J connectivity index is 4.96. The number of nitrogens with zero attached hydrogens (tertiary/aromatic N) is 1. The molecule has 0 aliphatic rings. The molecule has 138 valence electrons. The third-order valence-electron chi connectivity index (χ3n) is 3.49. The van der Waals surface area contributed by atoms with E-state index in [0.29, 0.717) is 6.42 Å². The van der Waals surface area contributed by atoms with Gasteiger partial charge in [-0.1, -0.05) is 20.8 Å². The molecule has 4 N–H and O–H groups in total. The molecule has 0 aliphatic heterocycles. The Morgan fingerprint density at radius 2 is 1.62 bits per heavy atom. The Labute approximate surface area is 143 Å². The van der Waals surface area contributed by atoms with Crippen LogP contribution < -0.4 is 16.4 Å². The van der Waals surface area contributed by atoms with Crippen molar-refractivity contribution in [2.45, 2.75) is 58.5 Å². The van der Waals surface area contributed by atoms with Gasteiger partial charge in [0.15, 0.2) is 0 Å². The van der Waals surface area contributed by atoms with Crippen molar-refractivity contribution >= 4 is 23.6 Å². The van der Waals surface area contributed by atoms with Crippen LogP contribution in [0.5, 0.6) is 0 Å². The topological polar surface area (TPSA) is 122 Å². The predicted octanol–water partition coefficient (Wildman–Crippen LogP) is -0.234. The highest BCUT2D eigenvalue weighted by Crippen LogP contribution is 2.07. The van der Waals surface area contributed by atoms with Crippen molar-refractivity contribution in [3.8, 4) is 0 Å². The van der Waals surface area contributed by atoms with Crippen molar-refractivity contribution in [3.05, 3.63) is 0 Å². The minimum absolute atomic E-state index is 0.112. The summed E-state index contributed by atoms with van der Waals surface area (Å²) in [5, 5.41) is 5.16. The molecule has 0 bridgehead atoms. The fourth-order valence-corrected chi connectivity index (χ4v) is 2.05. The number of rotatable bonds is 10. The molecule has 0 saturated carbocycles. The molecular formula is C16H30N4O4. The maximum absolute atomic E-state index is 12.4. The number of hydrogen-bond acceptors (Lipinski definition) is 4. The predicted molar refractivity (Wildman–Crippen MR) is 90.7 cm³/mol. The number of nitrogens with one attached hydrogen (secondary N) is 2. The minimum Gasteiger partial charge on any atom is -0.368 e. The van der Waals surface area contributed by atoms with Crippen LogP contribution in [0.1, 0.15) is 46.5 Å². The Hall–Kier alpha value is -2.12. The average molecular weight is 342 g/mol. The summed E-state index contributed by atoms with van der Waals surface area (Å²) in [6, 6.07) is -1.68. The second-order valence-corrected chi connectivity index (χ2v) is 6.39. The highest BCUT2D eigenvalue weighted by Gasteiger charge is 2.26. The molecule has 0 heterocycles. The molecule has 0 aromatic carbocycles. The van der Waals surface area contributed by atoms with Crippen LogP contribution in [0.2, 0.25) is 0 Å². The smallest absolute Gasteiger partial charge is 0.243 e. The van der Waals surface area contributed by atoms with Crippen molar-refractivity contribution in [2.75, 3.05) is 14.1 Å². The van der Waals surface area contributed by atoms with Gasteiger partial charge in [0.2, 0.25) is 23.6 Å². The lowest BCUT2D eigenvalue weighted by atomic mass is 10.0. The van der Waals surface area contributed by atoms with Crippen LogP contribution in [0.4, 0.5) is 0 Å². The Kier molecular flexibility index (Phi) is 9.68. The Bertz CT molecular complexity index is 463. The average Bonchev–Trinajstić information content (AvgIpc) is 2.48. The normalized spacial score (nSPS) is 13.1. The van der Waals surface area contributed by atoms with E-state index in [2.05, 4.69) is 10.6 Å². The lowest BCUT2D eigenvalue weighted by molar-refractivity contribution is -0.133. The van der Waals surface area contributed by atoms with E-state index in [0.717, 1.165) is 0 Å². The van der Waals surface area contributed by atoms with E-state index in [9.17, 15) is 19.2 Å². The van der Waals surface area contributed by atoms with Crippen LogP contribution in [0.25, 0.3) is 0 Å². The number of carbonyl (C=O) groups excluding carboxylic acids is 4. The van der Waals surface area contributed by atoms with E-state index in [-0.39, 0.29) is 37.0 Å². The van der Waals surface area contributed by atoms with Crippen molar-refractivity contribution < 1.29 is 19.2 Å². The first kappa shape index (κ1) is 21.9. The molecule has 2 atom stereocenters. The largest absolute Gasteiger partial charge is 0.368 e. The minimum atomic E-state index is -0.879.